The summed E-state index contributed by atoms with van der Waals surface area (Å²) in [5.41, 5.74) is 5.62. The van der Waals surface area contributed by atoms with Gasteiger partial charge in [0.2, 0.25) is 0 Å². The second kappa shape index (κ2) is 9.19. The molecule has 0 fully saturated rings. The van der Waals surface area contributed by atoms with E-state index < -0.39 is 12.5 Å². The molecule has 1 atom stereocenters. The van der Waals surface area contributed by atoms with Crippen LogP contribution in [0.15, 0.2) is 18.2 Å². The minimum absolute atomic E-state index is 0.00500. The van der Waals surface area contributed by atoms with Crippen molar-refractivity contribution in [1.29, 1.82) is 0 Å². The highest BCUT2D eigenvalue weighted by atomic mass is 19.3. The van der Waals surface area contributed by atoms with Crippen LogP contribution in [0.25, 0.3) is 0 Å². The van der Waals surface area contributed by atoms with Crippen LogP contribution in [0.2, 0.25) is 0 Å². The average molecular weight is 316 g/mol. The van der Waals surface area contributed by atoms with Crippen molar-refractivity contribution in [3.05, 3.63) is 23.8 Å². The van der Waals surface area contributed by atoms with Crippen LogP contribution in [-0.2, 0) is 0 Å². The molecule has 0 aliphatic carbocycles. The van der Waals surface area contributed by atoms with Crippen LogP contribution in [0.1, 0.15) is 36.5 Å². The van der Waals surface area contributed by atoms with E-state index in [1.54, 1.807) is 0 Å². The predicted octanol–water partition coefficient (Wildman–Crippen LogP) is 2.54. The summed E-state index contributed by atoms with van der Waals surface area (Å²) in [4.78, 5) is 12.3. The maximum Gasteiger partial charge on any atom is 0.387 e. The number of nitrogens with one attached hydrogen (secondary N) is 1. The van der Waals surface area contributed by atoms with Gasteiger partial charge < -0.3 is 20.5 Å². The van der Waals surface area contributed by atoms with Gasteiger partial charge in [-0.3, -0.25) is 4.79 Å². The maximum atomic E-state index is 12.5. The highest BCUT2D eigenvalue weighted by Crippen LogP contribution is 2.32. The Bertz CT molecular complexity index is 484. The summed E-state index contributed by atoms with van der Waals surface area (Å²) < 4.78 is 34.5. The monoisotopic (exact) mass is 316 g/mol. The zero-order valence-corrected chi connectivity index (χ0v) is 12.8. The van der Waals surface area contributed by atoms with Crippen molar-refractivity contribution in [2.75, 3.05) is 13.7 Å². The maximum absolute atomic E-state index is 12.5. The molecule has 1 aromatic carbocycles. The zero-order valence-electron chi connectivity index (χ0n) is 12.8. The van der Waals surface area contributed by atoms with Gasteiger partial charge in [-0.1, -0.05) is 25.8 Å². The Balaban J connectivity index is 2.96. The fourth-order valence-corrected chi connectivity index (χ4v) is 2.03. The largest absolute Gasteiger partial charge is 0.493 e. The zero-order chi connectivity index (χ0) is 16.5. The number of carbonyl (C=O) groups excluding carboxylic acids is 1. The van der Waals surface area contributed by atoms with Crippen LogP contribution < -0.4 is 20.5 Å². The van der Waals surface area contributed by atoms with E-state index in [2.05, 4.69) is 10.1 Å². The molecule has 1 rings (SSSR count). The van der Waals surface area contributed by atoms with E-state index in [9.17, 15) is 13.6 Å². The SMILES string of the molecule is CCCCC(CN)NC(=O)c1cccc(OC)c1OC(F)F. The molecule has 0 aromatic heterocycles. The van der Waals surface area contributed by atoms with Crippen LogP contribution in [0.4, 0.5) is 8.78 Å². The number of methoxy groups -OCH3 is 1. The van der Waals surface area contributed by atoms with Gasteiger partial charge >= 0.3 is 6.61 Å². The van der Waals surface area contributed by atoms with Crippen LogP contribution in [-0.4, -0.2) is 32.2 Å². The molecule has 1 amide bonds. The Labute approximate surface area is 128 Å². The van der Waals surface area contributed by atoms with E-state index in [4.69, 9.17) is 10.5 Å². The first-order valence-corrected chi connectivity index (χ1v) is 7.16. The molecule has 124 valence electrons. The third kappa shape index (κ3) is 5.14. The van der Waals surface area contributed by atoms with Crippen molar-refractivity contribution in [2.24, 2.45) is 5.73 Å². The number of unbranched alkanes of at least 4 members (excludes halogenated alkanes) is 1. The standard InChI is InChI=1S/C15H22F2N2O3/c1-3-4-6-10(9-18)19-14(20)11-7-5-8-12(21-2)13(11)22-15(16)17/h5,7-8,10,15H,3-4,6,9,18H2,1-2H3,(H,19,20). The lowest BCUT2D eigenvalue weighted by Gasteiger charge is -2.19. The van der Waals surface area contributed by atoms with Gasteiger partial charge in [0.05, 0.1) is 12.7 Å². The summed E-state index contributed by atoms with van der Waals surface area (Å²) in [5.74, 6) is -0.712. The Morgan fingerprint density at radius 1 is 1.41 bits per heavy atom. The van der Waals surface area contributed by atoms with E-state index in [0.717, 1.165) is 19.3 Å². The number of benzene rings is 1. The van der Waals surface area contributed by atoms with Crippen molar-refractivity contribution in [3.63, 3.8) is 0 Å². The highest BCUT2D eigenvalue weighted by Gasteiger charge is 2.21. The Hall–Kier alpha value is -1.89. The Morgan fingerprint density at radius 3 is 2.68 bits per heavy atom. The smallest absolute Gasteiger partial charge is 0.387 e. The van der Waals surface area contributed by atoms with Gasteiger partial charge in [0, 0.05) is 12.6 Å². The fourth-order valence-electron chi connectivity index (χ4n) is 2.03. The lowest BCUT2D eigenvalue weighted by molar-refractivity contribution is -0.0515. The van der Waals surface area contributed by atoms with Crippen LogP contribution in [0.3, 0.4) is 0 Å². The Morgan fingerprint density at radius 2 is 2.14 bits per heavy atom. The van der Waals surface area contributed by atoms with Crippen LogP contribution in [0.5, 0.6) is 11.5 Å². The summed E-state index contributed by atoms with van der Waals surface area (Å²) in [6, 6.07) is 4.18. The van der Waals surface area contributed by atoms with Crippen LogP contribution >= 0.6 is 0 Å². The van der Waals surface area contributed by atoms with Crippen molar-refractivity contribution < 1.29 is 23.0 Å². The second-order valence-electron chi connectivity index (χ2n) is 4.76. The lowest BCUT2D eigenvalue weighted by Crippen LogP contribution is -2.40. The van der Waals surface area contributed by atoms with Crippen molar-refractivity contribution in [2.45, 2.75) is 38.8 Å². The molecule has 0 radical (unpaired) electrons. The van der Waals surface area contributed by atoms with E-state index >= 15 is 0 Å². The molecule has 1 aromatic rings. The Kier molecular flexibility index (Phi) is 7.59. The number of alkyl halides is 2. The van der Waals surface area contributed by atoms with E-state index in [0.29, 0.717) is 0 Å². The molecule has 1 unspecified atom stereocenters. The molecular weight excluding hydrogens is 294 g/mol. The minimum Gasteiger partial charge on any atom is -0.493 e. The molecule has 0 aliphatic heterocycles. The first-order chi connectivity index (χ1) is 10.5. The van der Waals surface area contributed by atoms with Gasteiger partial charge in [-0.05, 0) is 18.6 Å². The normalized spacial score (nSPS) is 12.1. The molecule has 0 bridgehead atoms. The lowest BCUT2D eigenvalue weighted by atomic mass is 10.1. The number of halogens is 2. The number of hydrogen-bond donors (Lipinski definition) is 2. The summed E-state index contributed by atoms with van der Waals surface area (Å²) >= 11 is 0. The number of rotatable bonds is 9. The second-order valence-corrected chi connectivity index (χ2v) is 4.76. The van der Waals surface area contributed by atoms with E-state index in [1.165, 1.54) is 25.3 Å². The fraction of sp³-hybridized carbons (Fsp3) is 0.533. The van der Waals surface area contributed by atoms with Gasteiger partial charge in [-0.2, -0.15) is 8.78 Å². The van der Waals surface area contributed by atoms with E-state index in [-0.39, 0.29) is 29.6 Å². The van der Waals surface area contributed by atoms with Gasteiger partial charge in [0.15, 0.2) is 11.5 Å². The third-order valence-electron chi connectivity index (χ3n) is 3.18. The van der Waals surface area contributed by atoms with Gasteiger partial charge in [-0.25, -0.2) is 0 Å². The molecular formula is C15H22F2N2O3. The van der Waals surface area contributed by atoms with Crippen molar-refractivity contribution in [1.82, 2.24) is 5.32 Å². The first-order valence-electron chi connectivity index (χ1n) is 7.16. The summed E-state index contributed by atoms with van der Waals surface area (Å²) in [6.07, 6.45) is 2.62. The predicted molar refractivity (Wildman–Crippen MR) is 79.5 cm³/mol. The number of hydrogen-bond acceptors (Lipinski definition) is 4. The van der Waals surface area contributed by atoms with E-state index in [1.807, 2.05) is 6.92 Å². The average Bonchev–Trinajstić information content (AvgIpc) is 2.50. The highest BCUT2D eigenvalue weighted by molar-refractivity contribution is 5.98. The molecule has 0 aliphatic rings. The summed E-state index contributed by atoms with van der Waals surface area (Å²) in [6.45, 7) is -0.736. The molecule has 3 N–H and O–H groups in total. The number of carbonyl (C=O) groups is 1. The molecule has 0 spiro atoms. The van der Waals surface area contributed by atoms with Gasteiger partial charge in [-0.15, -0.1) is 0 Å². The minimum atomic E-state index is -3.05. The topological polar surface area (TPSA) is 73.6 Å². The molecule has 5 nitrogen and oxygen atoms in total. The molecule has 0 heterocycles. The van der Waals surface area contributed by atoms with Gasteiger partial charge in [0.1, 0.15) is 0 Å². The number of ether oxygens (including phenoxy) is 2. The van der Waals surface area contributed by atoms with Crippen molar-refractivity contribution in [3.8, 4) is 11.5 Å². The number of para-hydroxylation sites is 1. The molecule has 7 heteroatoms. The van der Waals surface area contributed by atoms with Crippen LogP contribution in [0, 0.1) is 0 Å². The number of amides is 1. The molecule has 0 saturated carbocycles. The first kappa shape index (κ1) is 18.2. The molecule has 22 heavy (non-hydrogen) atoms. The summed E-state index contributed by atoms with van der Waals surface area (Å²) in [5, 5.41) is 2.74. The quantitative estimate of drug-likeness (QED) is 0.734. The molecule has 0 saturated heterocycles. The third-order valence-corrected chi connectivity index (χ3v) is 3.18. The number of nitrogens with two attached hydrogens (primary N) is 1. The van der Waals surface area contributed by atoms with Gasteiger partial charge in [0.25, 0.3) is 5.91 Å². The van der Waals surface area contributed by atoms with Crippen molar-refractivity contribution >= 4 is 5.91 Å². The summed E-state index contributed by atoms with van der Waals surface area (Å²) in [7, 11) is 1.32.